The lowest BCUT2D eigenvalue weighted by Gasteiger charge is -2.26. The number of rotatable bonds is 5. The van der Waals surface area contributed by atoms with Crippen LogP contribution in [0.4, 0.5) is 4.79 Å². The van der Waals surface area contributed by atoms with Gasteiger partial charge in [-0.25, -0.2) is 4.79 Å². The van der Waals surface area contributed by atoms with Crippen LogP contribution >= 0.6 is 0 Å². The highest BCUT2D eigenvalue weighted by molar-refractivity contribution is 5.75. The molecule has 0 fully saturated rings. The van der Waals surface area contributed by atoms with Gasteiger partial charge in [-0.15, -0.1) is 0 Å². The first-order valence-electron chi connectivity index (χ1n) is 7.31. The molecular weight excluding hydrogens is 276 g/mol. The third kappa shape index (κ3) is 4.33. The molecule has 0 atom stereocenters. The number of aliphatic hydroxyl groups is 1. The zero-order valence-electron chi connectivity index (χ0n) is 12.9. The summed E-state index contributed by atoms with van der Waals surface area (Å²) in [5.41, 5.74) is 1.35. The summed E-state index contributed by atoms with van der Waals surface area (Å²) in [6.45, 7) is 3.42. The van der Waals surface area contributed by atoms with Crippen molar-refractivity contribution in [3.63, 3.8) is 0 Å². The molecule has 116 valence electrons. The molecule has 2 amide bonds. The Morgan fingerprint density at radius 3 is 1.86 bits per heavy atom. The Balaban J connectivity index is 2.21. The number of carbonyl (C=O) groups excluding carboxylic acids is 1. The molecule has 2 rings (SSSR count). The van der Waals surface area contributed by atoms with Gasteiger partial charge in [0.05, 0.1) is 18.2 Å². The summed E-state index contributed by atoms with van der Waals surface area (Å²) in [6.07, 6.45) is 0. The number of aliphatic hydroxyl groups excluding tert-OH is 1. The van der Waals surface area contributed by atoms with Crippen LogP contribution in [-0.2, 0) is 0 Å². The van der Waals surface area contributed by atoms with Gasteiger partial charge in [-0.1, -0.05) is 60.7 Å². The minimum atomic E-state index is -0.665. The molecule has 0 spiro atoms. The fourth-order valence-corrected chi connectivity index (χ4v) is 2.16. The van der Waals surface area contributed by atoms with Gasteiger partial charge < -0.3 is 15.7 Å². The van der Waals surface area contributed by atoms with Gasteiger partial charge in [0.1, 0.15) is 0 Å². The topological polar surface area (TPSA) is 61.4 Å². The highest BCUT2D eigenvalue weighted by Gasteiger charge is 2.22. The molecule has 0 saturated heterocycles. The Kier molecular flexibility index (Phi) is 5.17. The molecule has 0 heterocycles. The highest BCUT2D eigenvalue weighted by atomic mass is 16.3. The van der Waals surface area contributed by atoms with Crippen molar-refractivity contribution < 1.29 is 9.90 Å². The number of nitrogens with one attached hydrogen (secondary N) is 2. The third-order valence-electron chi connectivity index (χ3n) is 3.39. The molecule has 0 saturated carbocycles. The van der Waals surface area contributed by atoms with Crippen LogP contribution in [0.2, 0.25) is 0 Å². The largest absolute Gasteiger partial charge is 0.394 e. The van der Waals surface area contributed by atoms with Crippen molar-refractivity contribution in [3.8, 4) is 0 Å². The molecular formula is C18H22N2O2. The lowest BCUT2D eigenvalue weighted by Crippen LogP contribution is -2.51. The number of amides is 2. The first kappa shape index (κ1) is 16.0. The van der Waals surface area contributed by atoms with Crippen LogP contribution < -0.4 is 10.6 Å². The van der Waals surface area contributed by atoms with Gasteiger partial charge in [0.25, 0.3) is 0 Å². The molecule has 0 aromatic heterocycles. The number of benzene rings is 2. The molecule has 4 heteroatoms. The van der Waals surface area contributed by atoms with Gasteiger partial charge in [0, 0.05) is 0 Å². The van der Waals surface area contributed by atoms with Crippen molar-refractivity contribution in [2.24, 2.45) is 0 Å². The zero-order valence-corrected chi connectivity index (χ0v) is 12.9. The van der Waals surface area contributed by atoms with E-state index in [2.05, 4.69) is 10.6 Å². The normalized spacial score (nSPS) is 11.3. The lowest BCUT2D eigenvalue weighted by atomic mass is 9.99. The number of hydrogen-bond donors (Lipinski definition) is 3. The molecule has 3 N–H and O–H groups in total. The van der Waals surface area contributed by atoms with Crippen molar-refractivity contribution in [1.82, 2.24) is 10.6 Å². The van der Waals surface area contributed by atoms with E-state index in [1.165, 1.54) is 0 Å². The molecule has 0 aliphatic carbocycles. The predicted molar refractivity (Wildman–Crippen MR) is 87.6 cm³/mol. The van der Waals surface area contributed by atoms with E-state index >= 15 is 0 Å². The second-order valence-electron chi connectivity index (χ2n) is 5.89. The van der Waals surface area contributed by atoms with Gasteiger partial charge in [0.2, 0.25) is 0 Å². The van der Waals surface area contributed by atoms with Crippen LogP contribution in [0.3, 0.4) is 0 Å². The Hall–Kier alpha value is -2.33. The molecule has 0 unspecified atom stereocenters. The van der Waals surface area contributed by atoms with Gasteiger partial charge >= 0.3 is 6.03 Å². The molecule has 2 aromatic carbocycles. The number of hydrogen-bond acceptors (Lipinski definition) is 2. The molecule has 22 heavy (non-hydrogen) atoms. The molecule has 4 nitrogen and oxygen atoms in total. The Morgan fingerprint density at radius 1 is 1.00 bits per heavy atom. The quantitative estimate of drug-likeness (QED) is 0.795. The van der Waals surface area contributed by atoms with E-state index in [4.69, 9.17) is 0 Å². The standard InChI is InChI=1S/C18H22N2O2/c1-18(2,13-21)20-17(22)19-16(14-9-5-3-6-10-14)15-11-7-4-8-12-15/h3-12,16,21H,13H2,1-2H3,(H2,19,20,22). The summed E-state index contributed by atoms with van der Waals surface area (Å²) in [7, 11) is 0. The average molecular weight is 298 g/mol. The second-order valence-corrected chi connectivity index (χ2v) is 5.89. The van der Waals surface area contributed by atoms with Crippen LogP contribution in [0, 0.1) is 0 Å². The molecule has 0 bridgehead atoms. The maximum absolute atomic E-state index is 12.2. The Bertz CT molecular complexity index is 557. The fourth-order valence-electron chi connectivity index (χ4n) is 2.16. The summed E-state index contributed by atoms with van der Waals surface area (Å²) in [6, 6.07) is 19.1. The van der Waals surface area contributed by atoms with E-state index in [1.54, 1.807) is 13.8 Å². The number of carbonyl (C=O) groups is 1. The summed E-state index contributed by atoms with van der Waals surface area (Å²) < 4.78 is 0. The van der Waals surface area contributed by atoms with Gasteiger partial charge in [-0.3, -0.25) is 0 Å². The Labute approximate surface area is 131 Å². The highest BCUT2D eigenvalue weighted by Crippen LogP contribution is 2.21. The summed E-state index contributed by atoms with van der Waals surface area (Å²) in [4.78, 5) is 12.2. The molecule has 0 aliphatic heterocycles. The molecule has 2 aromatic rings. The van der Waals surface area contributed by atoms with E-state index in [-0.39, 0.29) is 18.7 Å². The van der Waals surface area contributed by atoms with Crippen LogP contribution in [0.1, 0.15) is 31.0 Å². The summed E-state index contributed by atoms with van der Waals surface area (Å²) >= 11 is 0. The van der Waals surface area contributed by atoms with E-state index < -0.39 is 5.54 Å². The smallest absolute Gasteiger partial charge is 0.316 e. The average Bonchev–Trinajstić information content (AvgIpc) is 2.54. The van der Waals surface area contributed by atoms with Crippen molar-refractivity contribution in [1.29, 1.82) is 0 Å². The van der Waals surface area contributed by atoms with Gasteiger partial charge in [0.15, 0.2) is 0 Å². The van der Waals surface area contributed by atoms with Gasteiger partial charge in [-0.2, -0.15) is 0 Å². The van der Waals surface area contributed by atoms with E-state index in [0.29, 0.717) is 0 Å². The van der Waals surface area contributed by atoms with Crippen LogP contribution in [0.5, 0.6) is 0 Å². The van der Waals surface area contributed by atoms with Crippen LogP contribution in [0.15, 0.2) is 60.7 Å². The summed E-state index contributed by atoms with van der Waals surface area (Å²) in [5.74, 6) is 0. The first-order chi connectivity index (χ1) is 10.5. The first-order valence-corrected chi connectivity index (χ1v) is 7.31. The van der Waals surface area contributed by atoms with Crippen molar-refractivity contribution in [2.45, 2.75) is 25.4 Å². The lowest BCUT2D eigenvalue weighted by molar-refractivity contribution is 0.181. The third-order valence-corrected chi connectivity index (χ3v) is 3.39. The van der Waals surface area contributed by atoms with E-state index in [9.17, 15) is 9.90 Å². The fraction of sp³-hybridized carbons (Fsp3) is 0.278. The van der Waals surface area contributed by atoms with E-state index in [0.717, 1.165) is 11.1 Å². The predicted octanol–water partition coefficient (Wildman–Crippen LogP) is 2.85. The van der Waals surface area contributed by atoms with Crippen molar-refractivity contribution >= 4 is 6.03 Å². The summed E-state index contributed by atoms with van der Waals surface area (Å²) in [5, 5.41) is 15.0. The minimum absolute atomic E-state index is 0.123. The van der Waals surface area contributed by atoms with Crippen LogP contribution in [0.25, 0.3) is 0 Å². The minimum Gasteiger partial charge on any atom is -0.394 e. The molecule has 0 radical (unpaired) electrons. The second kappa shape index (κ2) is 7.09. The van der Waals surface area contributed by atoms with E-state index in [1.807, 2.05) is 60.7 Å². The zero-order chi connectivity index (χ0) is 16.0. The van der Waals surface area contributed by atoms with Crippen molar-refractivity contribution in [2.75, 3.05) is 6.61 Å². The van der Waals surface area contributed by atoms with Gasteiger partial charge in [-0.05, 0) is 25.0 Å². The maximum Gasteiger partial charge on any atom is 0.316 e. The van der Waals surface area contributed by atoms with Crippen molar-refractivity contribution in [3.05, 3.63) is 71.8 Å². The maximum atomic E-state index is 12.2. The monoisotopic (exact) mass is 298 g/mol. The SMILES string of the molecule is CC(C)(CO)NC(=O)NC(c1ccccc1)c1ccccc1. The Morgan fingerprint density at radius 2 is 1.45 bits per heavy atom. The molecule has 0 aliphatic rings. The number of urea groups is 1. The van der Waals surface area contributed by atoms with Crippen LogP contribution in [-0.4, -0.2) is 23.3 Å².